The second-order valence-corrected chi connectivity index (χ2v) is 9.98. The van der Waals surface area contributed by atoms with Gasteiger partial charge in [-0.25, -0.2) is 8.42 Å². The van der Waals surface area contributed by atoms with E-state index >= 15 is 0 Å². The Morgan fingerprint density at radius 2 is 2.05 bits per heavy atom. The lowest BCUT2D eigenvalue weighted by molar-refractivity contribution is 0.387. The van der Waals surface area contributed by atoms with Crippen LogP contribution in [0.1, 0.15) is 19.4 Å². The van der Waals surface area contributed by atoms with Crippen molar-refractivity contribution in [2.45, 2.75) is 30.0 Å². The summed E-state index contributed by atoms with van der Waals surface area (Å²) in [6, 6.07) is 2.99. The third-order valence-corrected chi connectivity index (χ3v) is 7.45. The van der Waals surface area contributed by atoms with Gasteiger partial charge in [0.05, 0.1) is 5.02 Å². The molecular weight excluding hydrogens is 351 g/mol. The van der Waals surface area contributed by atoms with Crippen molar-refractivity contribution in [1.82, 2.24) is 4.31 Å². The smallest absolute Gasteiger partial charge is 0.244 e. The normalized spacial score (nSPS) is 19.7. The fourth-order valence-electron chi connectivity index (χ4n) is 2.28. The molecular formula is C13H18Cl2N2O2S2. The van der Waals surface area contributed by atoms with E-state index in [0.29, 0.717) is 23.7 Å². The molecule has 1 aliphatic heterocycles. The van der Waals surface area contributed by atoms with Gasteiger partial charge in [-0.2, -0.15) is 16.1 Å². The molecule has 4 nitrogen and oxygen atoms in total. The highest BCUT2D eigenvalue weighted by Crippen LogP contribution is 2.36. The maximum atomic E-state index is 12.8. The van der Waals surface area contributed by atoms with Crippen LogP contribution in [0.25, 0.3) is 0 Å². The fraction of sp³-hybridized carbons (Fsp3) is 0.538. The van der Waals surface area contributed by atoms with Crippen LogP contribution in [0.3, 0.4) is 0 Å². The van der Waals surface area contributed by atoms with Gasteiger partial charge in [-0.05, 0) is 26.0 Å². The second kappa shape index (κ2) is 6.26. The number of rotatable bonds is 3. The standard InChI is InChI=1S/C13H18Cl2N2O2S2/c1-13(2)8-17(5-6-20-13)21(18,19)11-4-3-10(14)9(7-16)12(11)15/h3-4H,5-8,16H2,1-2H3. The predicted molar refractivity (Wildman–Crippen MR) is 89.6 cm³/mol. The Morgan fingerprint density at radius 3 is 2.62 bits per heavy atom. The molecule has 1 aromatic rings. The van der Waals surface area contributed by atoms with Crippen LogP contribution >= 0.6 is 35.0 Å². The van der Waals surface area contributed by atoms with Gasteiger partial charge >= 0.3 is 0 Å². The van der Waals surface area contributed by atoms with Crippen molar-refractivity contribution in [1.29, 1.82) is 0 Å². The van der Waals surface area contributed by atoms with E-state index < -0.39 is 10.0 Å². The first-order valence-electron chi connectivity index (χ1n) is 6.50. The van der Waals surface area contributed by atoms with E-state index in [-0.39, 0.29) is 21.2 Å². The van der Waals surface area contributed by atoms with E-state index in [1.54, 1.807) is 11.8 Å². The molecule has 21 heavy (non-hydrogen) atoms. The number of nitrogens with zero attached hydrogens (tertiary/aromatic N) is 1. The second-order valence-electron chi connectivity index (χ2n) is 5.49. The zero-order valence-electron chi connectivity index (χ0n) is 11.9. The van der Waals surface area contributed by atoms with Crippen LogP contribution in [0.2, 0.25) is 10.0 Å². The third-order valence-electron chi connectivity index (χ3n) is 3.36. The first-order chi connectivity index (χ1) is 9.69. The van der Waals surface area contributed by atoms with Gasteiger partial charge in [-0.3, -0.25) is 0 Å². The largest absolute Gasteiger partial charge is 0.326 e. The molecule has 118 valence electrons. The maximum Gasteiger partial charge on any atom is 0.244 e. The number of halogens is 2. The molecule has 1 fully saturated rings. The Bertz CT molecular complexity index is 648. The predicted octanol–water partition coefficient (Wildman–Crippen LogP) is 2.97. The Morgan fingerprint density at radius 1 is 1.38 bits per heavy atom. The number of hydrogen-bond acceptors (Lipinski definition) is 4. The summed E-state index contributed by atoms with van der Waals surface area (Å²) >= 11 is 14.0. The van der Waals surface area contributed by atoms with Crippen LogP contribution in [0.4, 0.5) is 0 Å². The van der Waals surface area contributed by atoms with Crippen molar-refractivity contribution in [2.75, 3.05) is 18.8 Å². The molecule has 0 aliphatic carbocycles. The van der Waals surface area contributed by atoms with Gasteiger partial charge in [0.25, 0.3) is 0 Å². The van der Waals surface area contributed by atoms with Crippen LogP contribution in [0, 0.1) is 0 Å². The molecule has 0 saturated carbocycles. The summed E-state index contributed by atoms with van der Waals surface area (Å²) < 4.78 is 27.0. The molecule has 1 heterocycles. The minimum Gasteiger partial charge on any atom is -0.326 e. The van der Waals surface area contributed by atoms with Gasteiger partial charge in [-0.1, -0.05) is 23.2 Å². The van der Waals surface area contributed by atoms with Gasteiger partial charge in [-0.15, -0.1) is 0 Å². The lowest BCUT2D eigenvalue weighted by Gasteiger charge is -2.36. The highest BCUT2D eigenvalue weighted by atomic mass is 35.5. The molecule has 0 unspecified atom stereocenters. The number of benzene rings is 1. The zero-order chi connectivity index (χ0) is 15.8. The van der Waals surface area contributed by atoms with Gasteiger partial charge in [0.15, 0.2) is 0 Å². The fourth-order valence-corrected chi connectivity index (χ4v) is 6.10. The van der Waals surface area contributed by atoms with Crippen molar-refractivity contribution >= 4 is 45.0 Å². The highest BCUT2D eigenvalue weighted by Gasteiger charge is 2.36. The maximum absolute atomic E-state index is 12.8. The topological polar surface area (TPSA) is 63.4 Å². The Labute approximate surface area is 140 Å². The number of nitrogens with two attached hydrogens (primary N) is 1. The number of sulfonamides is 1. The summed E-state index contributed by atoms with van der Waals surface area (Å²) in [6.45, 7) is 5.11. The zero-order valence-corrected chi connectivity index (χ0v) is 15.0. The molecule has 0 bridgehead atoms. The average molecular weight is 369 g/mol. The van der Waals surface area contributed by atoms with Crippen LogP contribution < -0.4 is 5.73 Å². The number of hydrogen-bond donors (Lipinski definition) is 1. The summed E-state index contributed by atoms with van der Waals surface area (Å²) in [5, 5.41) is 0.511. The van der Waals surface area contributed by atoms with Crippen molar-refractivity contribution < 1.29 is 8.42 Å². The molecule has 1 saturated heterocycles. The minimum atomic E-state index is -3.64. The Kier molecular flexibility index (Phi) is 5.18. The molecule has 1 aliphatic rings. The summed E-state index contributed by atoms with van der Waals surface area (Å²) in [5.41, 5.74) is 6.07. The highest BCUT2D eigenvalue weighted by molar-refractivity contribution is 8.00. The molecule has 0 spiro atoms. The SMILES string of the molecule is CC1(C)CN(S(=O)(=O)c2ccc(Cl)c(CN)c2Cl)CCS1. The van der Waals surface area contributed by atoms with Gasteiger partial charge < -0.3 is 5.73 Å². The summed E-state index contributed by atoms with van der Waals surface area (Å²) in [5.74, 6) is 0.765. The minimum absolute atomic E-state index is 0.0803. The van der Waals surface area contributed by atoms with Crippen LogP contribution in [0.5, 0.6) is 0 Å². The molecule has 0 amide bonds. The van der Waals surface area contributed by atoms with Gasteiger partial charge in [0.2, 0.25) is 10.0 Å². The van der Waals surface area contributed by atoms with Crippen LogP contribution in [-0.4, -0.2) is 36.3 Å². The van der Waals surface area contributed by atoms with Crippen molar-refractivity contribution in [3.05, 3.63) is 27.7 Å². The van der Waals surface area contributed by atoms with E-state index in [4.69, 9.17) is 28.9 Å². The summed E-state index contributed by atoms with van der Waals surface area (Å²) in [4.78, 5) is 0.0803. The molecule has 0 aromatic heterocycles. The van der Waals surface area contributed by atoms with E-state index in [2.05, 4.69) is 0 Å². The number of thioether (sulfide) groups is 1. The monoisotopic (exact) mass is 368 g/mol. The molecule has 1 aromatic carbocycles. The lowest BCUT2D eigenvalue weighted by atomic mass is 10.2. The quantitative estimate of drug-likeness (QED) is 0.890. The van der Waals surface area contributed by atoms with E-state index in [9.17, 15) is 8.42 Å². The molecule has 8 heteroatoms. The van der Waals surface area contributed by atoms with Crippen molar-refractivity contribution in [2.24, 2.45) is 5.73 Å². The molecule has 0 radical (unpaired) electrons. The molecule has 2 rings (SSSR count). The van der Waals surface area contributed by atoms with Gasteiger partial charge in [0.1, 0.15) is 4.90 Å². The van der Waals surface area contributed by atoms with Gasteiger partial charge in [0, 0.05) is 40.7 Å². The summed E-state index contributed by atoms with van der Waals surface area (Å²) in [7, 11) is -3.64. The van der Waals surface area contributed by atoms with E-state index in [0.717, 1.165) is 5.75 Å². The van der Waals surface area contributed by atoms with Crippen molar-refractivity contribution in [3.63, 3.8) is 0 Å². The average Bonchev–Trinajstić information content (AvgIpc) is 2.37. The van der Waals surface area contributed by atoms with E-state index in [1.165, 1.54) is 16.4 Å². The lowest BCUT2D eigenvalue weighted by Crippen LogP contribution is -2.46. The molecule has 2 N–H and O–H groups in total. The Balaban J connectivity index is 2.45. The first kappa shape index (κ1) is 17.4. The third kappa shape index (κ3) is 3.51. The van der Waals surface area contributed by atoms with Crippen molar-refractivity contribution in [3.8, 4) is 0 Å². The van der Waals surface area contributed by atoms with Crippen LogP contribution in [0.15, 0.2) is 17.0 Å². The molecule has 0 atom stereocenters. The Hall–Kier alpha value is 0.0200. The summed E-state index contributed by atoms with van der Waals surface area (Å²) in [6.07, 6.45) is 0. The van der Waals surface area contributed by atoms with Crippen LogP contribution in [-0.2, 0) is 16.6 Å². The van der Waals surface area contributed by atoms with E-state index in [1.807, 2.05) is 13.8 Å². The first-order valence-corrected chi connectivity index (χ1v) is 9.68.